The Hall–Kier alpha value is -3.55. The lowest BCUT2D eigenvalue weighted by Crippen LogP contribution is -2.34. The number of aryl methyl sites for hydroxylation is 1. The molecule has 2 heterocycles. The maximum absolute atomic E-state index is 11.9. The zero-order valence-corrected chi connectivity index (χ0v) is 13.4. The fourth-order valence-electron chi connectivity index (χ4n) is 2.06. The highest BCUT2D eigenvalue weighted by Crippen LogP contribution is 2.19. The molecule has 0 saturated carbocycles. The molecule has 0 aliphatic carbocycles. The Labute approximate surface area is 143 Å². The predicted molar refractivity (Wildman–Crippen MR) is 89.2 cm³/mol. The predicted octanol–water partition coefficient (Wildman–Crippen LogP) is 1.69. The van der Waals surface area contributed by atoms with Gasteiger partial charge >= 0.3 is 11.8 Å². The maximum atomic E-state index is 11.9. The van der Waals surface area contributed by atoms with Crippen LogP contribution in [0.5, 0.6) is 0 Å². The normalized spacial score (nSPS) is 10.3. The summed E-state index contributed by atoms with van der Waals surface area (Å²) in [7, 11) is 0. The molecule has 8 heteroatoms. The molecule has 0 fully saturated rings. The molecule has 0 spiro atoms. The Morgan fingerprint density at radius 1 is 1.00 bits per heavy atom. The SMILES string of the molecule is Cc1nnc(-c2ccc(NC(=O)C(=O)NCc3ccncc3)cc2)o1. The number of anilines is 1. The van der Waals surface area contributed by atoms with E-state index in [2.05, 4.69) is 25.8 Å². The molecule has 126 valence electrons. The lowest BCUT2D eigenvalue weighted by Gasteiger charge is -2.07. The standard InChI is InChI=1S/C17H15N5O3/c1-11-21-22-17(25-11)13-2-4-14(5-3-13)20-16(24)15(23)19-10-12-6-8-18-9-7-12/h2-9H,10H2,1H3,(H,19,23)(H,20,24). The Morgan fingerprint density at radius 3 is 2.36 bits per heavy atom. The van der Waals surface area contributed by atoms with Crippen LogP contribution in [0, 0.1) is 6.92 Å². The summed E-state index contributed by atoms with van der Waals surface area (Å²) in [5.74, 6) is -0.590. The van der Waals surface area contributed by atoms with Gasteiger partial charge < -0.3 is 15.1 Å². The highest BCUT2D eigenvalue weighted by molar-refractivity contribution is 6.39. The molecule has 2 amide bonds. The first kappa shape index (κ1) is 16.3. The highest BCUT2D eigenvalue weighted by Gasteiger charge is 2.13. The van der Waals surface area contributed by atoms with Crippen LogP contribution in [-0.2, 0) is 16.1 Å². The number of carbonyl (C=O) groups excluding carboxylic acids is 2. The van der Waals surface area contributed by atoms with Crippen molar-refractivity contribution in [2.75, 3.05) is 5.32 Å². The van der Waals surface area contributed by atoms with Crippen molar-refractivity contribution in [3.05, 3.63) is 60.2 Å². The summed E-state index contributed by atoms with van der Waals surface area (Å²) in [6, 6.07) is 10.3. The van der Waals surface area contributed by atoms with Crippen molar-refractivity contribution >= 4 is 17.5 Å². The van der Waals surface area contributed by atoms with Crippen LogP contribution < -0.4 is 10.6 Å². The minimum Gasteiger partial charge on any atom is -0.421 e. The van der Waals surface area contributed by atoms with Crippen molar-refractivity contribution in [1.82, 2.24) is 20.5 Å². The monoisotopic (exact) mass is 337 g/mol. The molecule has 2 N–H and O–H groups in total. The van der Waals surface area contributed by atoms with Crippen LogP contribution in [0.4, 0.5) is 5.69 Å². The zero-order chi connectivity index (χ0) is 17.6. The van der Waals surface area contributed by atoms with Crippen LogP contribution in [0.15, 0.2) is 53.2 Å². The minimum atomic E-state index is -0.740. The van der Waals surface area contributed by atoms with Gasteiger partial charge in [-0.1, -0.05) is 0 Å². The second-order valence-corrected chi connectivity index (χ2v) is 5.20. The second-order valence-electron chi connectivity index (χ2n) is 5.20. The van der Waals surface area contributed by atoms with Crippen LogP contribution >= 0.6 is 0 Å². The van der Waals surface area contributed by atoms with Gasteiger partial charge in [-0.05, 0) is 42.0 Å². The fraction of sp³-hybridized carbons (Fsp3) is 0.118. The van der Waals surface area contributed by atoms with E-state index in [-0.39, 0.29) is 6.54 Å². The van der Waals surface area contributed by atoms with E-state index >= 15 is 0 Å². The number of pyridine rings is 1. The van der Waals surface area contributed by atoms with Gasteiger partial charge in [0.15, 0.2) is 0 Å². The van der Waals surface area contributed by atoms with Gasteiger partial charge in [-0.2, -0.15) is 0 Å². The van der Waals surface area contributed by atoms with Crippen LogP contribution in [0.1, 0.15) is 11.5 Å². The topological polar surface area (TPSA) is 110 Å². The number of hydrogen-bond acceptors (Lipinski definition) is 6. The molecule has 3 rings (SSSR count). The van der Waals surface area contributed by atoms with Gasteiger partial charge in [0.2, 0.25) is 11.8 Å². The summed E-state index contributed by atoms with van der Waals surface area (Å²) in [6.45, 7) is 1.96. The van der Waals surface area contributed by atoms with Crippen LogP contribution in [0.3, 0.4) is 0 Å². The van der Waals surface area contributed by atoms with E-state index in [1.807, 2.05) is 0 Å². The number of hydrogen-bond donors (Lipinski definition) is 2. The van der Waals surface area contributed by atoms with Crippen molar-refractivity contribution in [1.29, 1.82) is 0 Å². The van der Waals surface area contributed by atoms with E-state index in [9.17, 15) is 9.59 Å². The third kappa shape index (κ3) is 4.25. The van der Waals surface area contributed by atoms with E-state index in [1.54, 1.807) is 55.7 Å². The maximum Gasteiger partial charge on any atom is 0.313 e. The van der Waals surface area contributed by atoms with Gasteiger partial charge in [0.1, 0.15) is 0 Å². The van der Waals surface area contributed by atoms with Gasteiger partial charge in [-0.3, -0.25) is 14.6 Å². The smallest absolute Gasteiger partial charge is 0.313 e. The number of nitrogens with one attached hydrogen (secondary N) is 2. The van der Waals surface area contributed by atoms with E-state index in [4.69, 9.17) is 4.42 Å². The Bertz CT molecular complexity index is 875. The molecule has 3 aromatic rings. The largest absolute Gasteiger partial charge is 0.421 e. The number of nitrogens with zero attached hydrogens (tertiary/aromatic N) is 3. The first-order valence-electron chi connectivity index (χ1n) is 7.50. The Kier molecular flexibility index (Phi) is 4.79. The Morgan fingerprint density at radius 2 is 1.72 bits per heavy atom. The molecular formula is C17H15N5O3. The van der Waals surface area contributed by atoms with E-state index < -0.39 is 11.8 Å². The molecule has 0 aliphatic heterocycles. The first-order chi connectivity index (χ1) is 12.1. The van der Waals surface area contributed by atoms with Gasteiger partial charge in [-0.15, -0.1) is 10.2 Å². The highest BCUT2D eigenvalue weighted by atomic mass is 16.4. The molecule has 0 atom stereocenters. The van der Waals surface area contributed by atoms with Gasteiger partial charge in [0.25, 0.3) is 0 Å². The van der Waals surface area contributed by atoms with Crippen LogP contribution in [0.25, 0.3) is 11.5 Å². The summed E-state index contributed by atoms with van der Waals surface area (Å²) in [5.41, 5.74) is 2.07. The molecule has 0 bridgehead atoms. The van der Waals surface area contributed by atoms with Gasteiger partial charge in [0, 0.05) is 37.1 Å². The first-order valence-corrected chi connectivity index (χ1v) is 7.50. The fourth-order valence-corrected chi connectivity index (χ4v) is 2.06. The molecule has 0 radical (unpaired) electrons. The molecular weight excluding hydrogens is 322 g/mol. The molecule has 8 nitrogen and oxygen atoms in total. The summed E-state index contributed by atoms with van der Waals surface area (Å²) < 4.78 is 5.32. The summed E-state index contributed by atoms with van der Waals surface area (Å²) in [6.07, 6.45) is 3.24. The molecule has 25 heavy (non-hydrogen) atoms. The average Bonchev–Trinajstić information content (AvgIpc) is 3.07. The zero-order valence-electron chi connectivity index (χ0n) is 13.4. The number of aromatic nitrogens is 3. The number of amides is 2. The van der Waals surface area contributed by atoms with E-state index in [1.165, 1.54) is 0 Å². The molecule has 2 aromatic heterocycles. The quantitative estimate of drug-likeness (QED) is 0.701. The van der Waals surface area contributed by atoms with E-state index in [0.29, 0.717) is 17.5 Å². The molecule has 0 unspecified atom stereocenters. The summed E-state index contributed by atoms with van der Waals surface area (Å²) in [5, 5.41) is 12.8. The minimum absolute atomic E-state index is 0.254. The van der Waals surface area contributed by atoms with Crippen molar-refractivity contribution in [3.63, 3.8) is 0 Å². The van der Waals surface area contributed by atoms with E-state index in [0.717, 1.165) is 11.1 Å². The third-order valence-corrected chi connectivity index (χ3v) is 3.32. The lowest BCUT2D eigenvalue weighted by atomic mass is 10.2. The number of carbonyl (C=O) groups is 2. The van der Waals surface area contributed by atoms with Crippen molar-refractivity contribution in [2.24, 2.45) is 0 Å². The third-order valence-electron chi connectivity index (χ3n) is 3.32. The average molecular weight is 337 g/mol. The summed E-state index contributed by atoms with van der Waals surface area (Å²) in [4.78, 5) is 27.6. The van der Waals surface area contributed by atoms with Crippen molar-refractivity contribution in [2.45, 2.75) is 13.5 Å². The lowest BCUT2D eigenvalue weighted by molar-refractivity contribution is -0.136. The molecule has 1 aromatic carbocycles. The summed E-state index contributed by atoms with van der Waals surface area (Å²) >= 11 is 0. The number of benzene rings is 1. The van der Waals surface area contributed by atoms with Gasteiger partial charge in [0.05, 0.1) is 0 Å². The van der Waals surface area contributed by atoms with Crippen molar-refractivity contribution in [3.8, 4) is 11.5 Å². The molecule has 0 saturated heterocycles. The van der Waals surface area contributed by atoms with Crippen molar-refractivity contribution < 1.29 is 14.0 Å². The molecule has 0 aliphatic rings. The van der Waals surface area contributed by atoms with Crippen LogP contribution in [0.2, 0.25) is 0 Å². The second kappa shape index (κ2) is 7.35. The van der Waals surface area contributed by atoms with Gasteiger partial charge in [-0.25, -0.2) is 0 Å². The Balaban J connectivity index is 1.56. The van der Waals surface area contributed by atoms with Crippen LogP contribution in [-0.4, -0.2) is 27.0 Å². The number of rotatable bonds is 4.